The Morgan fingerprint density at radius 2 is 1.92 bits per heavy atom. The van der Waals surface area contributed by atoms with E-state index < -0.39 is 6.04 Å². The van der Waals surface area contributed by atoms with Crippen molar-refractivity contribution in [3.63, 3.8) is 0 Å². The number of rotatable bonds is 2. The van der Waals surface area contributed by atoms with Crippen molar-refractivity contribution in [2.24, 2.45) is 0 Å². The van der Waals surface area contributed by atoms with Crippen molar-refractivity contribution in [3.05, 3.63) is 70.2 Å². The van der Waals surface area contributed by atoms with Gasteiger partial charge in [-0.15, -0.1) is 0 Å². The van der Waals surface area contributed by atoms with Gasteiger partial charge >= 0.3 is 0 Å². The molecule has 0 bridgehead atoms. The van der Waals surface area contributed by atoms with Crippen molar-refractivity contribution in [1.82, 2.24) is 10.2 Å². The van der Waals surface area contributed by atoms with Crippen molar-refractivity contribution < 1.29 is 9.59 Å². The lowest BCUT2D eigenvalue weighted by Gasteiger charge is -2.35. The van der Waals surface area contributed by atoms with Gasteiger partial charge in [0.2, 0.25) is 5.91 Å². The molecule has 2 aromatic carbocycles. The van der Waals surface area contributed by atoms with Gasteiger partial charge in [0.25, 0.3) is 5.91 Å². The fraction of sp³-hybridized carbons (Fsp3) is 0.167. The molecule has 1 aliphatic heterocycles. The molecule has 0 aliphatic carbocycles. The van der Waals surface area contributed by atoms with Gasteiger partial charge in [-0.05, 0) is 30.3 Å². The normalized spacial score (nSPS) is 17.1. The fourth-order valence-electron chi connectivity index (χ4n) is 2.74. The second kappa shape index (κ2) is 6.73. The van der Waals surface area contributed by atoms with E-state index in [4.69, 9.17) is 16.9 Å². The van der Waals surface area contributed by atoms with Crippen LogP contribution in [0.2, 0.25) is 5.02 Å². The number of nitrogens with zero attached hydrogens (tertiary/aromatic N) is 2. The highest BCUT2D eigenvalue weighted by molar-refractivity contribution is 6.31. The molecule has 1 N–H and O–H groups in total. The Hall–Kier alpha value is -2.84. The minimum absolute atomic E-state index is 0.253. The molecule has 0 aromatic heterocycles. The minimum atomic E-state index is -0.768. The Bertz CT molecular complexity index is 827. The number of nitrogens with one attached hydrogen (secondary N) is 1. The van der Waals surface area contributed by atoms with E-state index in [1.165, 1.54) is 4.90 Å². The topological polar surface area (TPSA) is 73.2 Å². The molecular weight excluding hydrogens is 326 g/mol. The van der Waals surface area contributed by atoms with Gasteiger partial charge in [-0.25, -0.2) is 0 Å². The maximum atomic E-state index is 12.9. The second-order valence-electron chi connectivity index (χ2n) is 5.40. The van der Waals surface area contributed by atoms with Crippen LogP contribution in [0.4, 0.5) is 0 Å². The van der Waals surface area contributed by atoms with E-state index >= 15 is 0 Å². The summed E-state index contributed by atoms with van der Waals surface area (Å²) in [7, 11) is 0. The van der Waals surface area contributed by atoms with Crippen LogP contribution in [-0.4, -0.2) is 29.8 Å². The van der Waals surface area contributed by atoms with E-state index in [1.54, 1.807) is 48.5 Å². The van der Waals surface area contributed by atoms with Crippen LogP contribution in [0.25, 0.3) is 0 Å². The first-order valence-electron chi connectivity index (χ1n) is 7.45. The zero-order valence-electron chi connectivity index (χ0n) is 12.7. The smallest absolute Gasteiger partial charge is 0.254 e. The molecule has 1 fully saturated rings. The highest BCUT2D eigenvalue weighted by Gasteiger charge is 2.35. The quantitative estimate of drug-likeness (QED) is 0.913. The number of carbonyl (C=O) groups is 2. The molecule has 6 heteroatoms. The van der Waals surface area contributed by atoms with E-state index in [0.717, 1.165) is 0 Å². The molecular formula is C18H14ClN3O2. The lowest BCUT2D eigenvalue weighted by atomic mass is 10.0. The lowest BCUT2D eigenvalue weighted by Crippen LogP contribution is -2.52. The van der Waals surface area contributed by atoms with Crippen molar-refractivity contribution in [3.8, 4) is 6.07 Å². The molecule has 1 aliphatic rings. The van der Waals surface area contributed by atoms with Gasteiger partial charge in [0, 0.05) is 29.2 Å². The van der Waals surface area contributed by atoms with Gasteiger partial charge in [0.15, 0.2) is 0 Å². The van der Waals surface area contributed by atoms with Crippen LogP contribution in [-0.2, 0) is 4.79 Å². The highest BCUT2D eigenvalue weighted by atomic mass is 35.5. The molecule has 0 saturated carbocycles. The summed E-state index contributed by atoms with van der Waals surface area (Å²) in [6.45, 7) is 0.780. The third kappa shape index (κ3) is 2.97. The molecule has 3 rings (SSSR count). The molecule has 120 valence electrons. The zero-order chi connectivity index (χ0) is 17.1. The molecule has 1 heterocycles. The van der Waals surface area contributed by atoms with Crippen LogP contribution in [0, 0.1) is 11.3 Å². The Morgan fingerprint density at radius 1 is 1.21 bits per heavy atom. The van der Waals surface area contributed by atoms with Crippen molar-refractivity contribution >= 4 is 23.4 Å². The number of carbonyl (C=O) groups excluding carboxylic acids is 2. The van der Waals surface area contributed by atoms with E-state index in [-0.39, 0.29) is 11.8 Å². The molecule has 1 saturated heterocycles. The number of hydrogen-bond donors (Lipinski definition) is 1. The van der Waals surface area contributed by atoms with E-state index in [0.29, 0.717) is 34.8 Å². The van der Waals surface area contributed by atoms with Gasteiger partial charge in [0.05, 0.1) is 11.6 Å². The van der Waals surface area contributed by atoms with E-state index in [2.05, 4.69) is 5.32 Å². The Labute approximate surface area is 144 Å². The Balaban J connectivity index is 1.97. The summed E-state index contributed by atoms with van der Waals surface area (Å²) in [5.74, 6) is -0.518. The first kappa shape index (κ1) is 16.0. The van der Waals surface area contributed by atoms with E-state index in [1.807, 2.05) is 6.07 Å². The largest absolute Gasteiger partial charge is 0.352 e. The summed E-state index contributed by atoms with van der Waals surface area (Å²) in [6.07, 6.45) is 0. The number of hydrogen-bond acceptors (Lipinski definition) is 3. The summed E-state index contributed by atoms with van der Waals surface area (Å²) in [4.78, 5) is 26.8. The first-order valence-corrected chi connectivity index (χ1v) is 7.83. The molecule has 24 heavy (non-hydrogen) atoms. The molecule has 2 aromatic rings. The highest BCUT2D eigenvalue weighted by Crippen LogP contribution is 2.30. The zero-order valence-corrected chi connectivity index (χ0v) is 13.5. The number of piperazine rings is 1. The number of benzene rings is 2. The third-order valence-electron chi connectivity index (χ3n) is 3.93. The lowest BCUT2D eigenvalue weighted by molar-refractivity contribution is -0.128. The number of amides is 2. The van der Waals surface area contributed by atoms with Crippen LogP contribution in [0.1, 0.15) is 27.5 Å². The molecule has 1 atom stereocenters. The summed E-state index contributed by atoms with van der Waals surface area (Å²) in [6, 6.07) is 14.6. The average molecular weight is 340 g/mol. The molecule has 0 spiro atoms. The van der Waals surface area contributed by atoms with Gasteiger partial charge in [0.1, 0.15) is 6.04 Å². The summed E-state index contributed by atoms with van der Waals surface area (Å²) >= 11 is 6.22. The van der Waals surface area contributed by atoms with Gasteiger partial charge < -0.3 is 10.2 Å². The van der Waals surface area contributed by atoms with Crippen molar-refractivity contribution in [2.75, 3.05) is 13.1 Å². The van der Waals surface area contributed by atoms with Crippen LogP contribution in [0.3, 0.4) is 0 Å². The predicted octanol–water partition coefficient (Wildman–Crippen LogP) is 2.52. The minimum Gasteiger partial charge on any atom is -0.352 e. The maximum absolute atomic E-state index is 12.9. The average Bonchev–Trinajstić information content (AvgIpc) is 2.62. The van der Waals surface area contributed by atoms with Gasteiger partial charge in [-0.3, -0.25) is 9.59 Å². The SMILES string of the molecule is N#Cc1ccc(C(=O)N2CCNC(=O)[C@@H]2c2ccccc2Cl)cc1. The Kier molecular flexibility index (Phi) is 4.50. The van der Waals surface area contributed by atoms with Gasteiger partial charge in [-0.2, -0.15) is 5.26 Å². The second-order valence-corrected chi connectivity index (χ2v) is 5.81. The van der Waals surface area contributed by atoms with Crippen molar-refractivity contribution in [1.29, 1.82) is 5.26 Å². The van der Waals surface area contributed by atoms with Crippen LogP contribution < -0.4 is 5.32 Å². The third-order valence-corrected chi connectivity index (χ3v) is 4.28. The first-order chi connectivity index (χ1) is 11.6. The molecule has 0 unspecified atom stereocenters. The molecule has 2 amide bonds. The Morgan fingerprint density at radius 3 is 2.58 bits per heavy atom. The predicted molar refractivity (Wildman–Crippen MR) is 89.4 cm³/mol. The summed E-state index contributed by atoms with van der Waals surface area (Å²) < 4.78 is 0. The molecule has 0 radical (unpaired) electrons. The maximum Gasteiger partial charge on any atom is 0.254 e. The van der Waals surface area contributed by atoms with Crippen LogP contribution in [0.15, 0.2) is 48.5 Å². The monoisotopic (exact) mass is 339 g/mol. The van der Waals surface area contributed by atoms with Crippen LogP contribution in [0.5, 0.6) is 0 Å². The van der Waals surface area contributed by atoms with E-state index in [9.17, 15) is 9.59 Å². The summed E-state index contributed by atoms with van der Waals surface area (Å²) in [5, 5.41) is 12.1. The fourth-order valence-corrected chi connectivity index (χ4v) is 2.98. The summed E-state index contributed by atoms with van der Waals surface area (Å²) in [5.41, 5.74) is 1.50. The van der Waals surface area contributed by atoms with Crippen molar-refractivity contribution in [2.45, 2.75) is 6.04 Å². The number of nitriles is 1. The molecule has 5 nitrogen and oxygen atoms in total. The van der Waals surface area contributed by atoms with Gasteiger partial charge in [-0.1, -0.05) is 29.8 Å². The number of halogens is 1. The standard InChI is InChI=1S/C18H14ClN3O2/c19-15-4-2-1-3-14(15)16-17(23)21-9-10-22(16)18(24)13-7-5-12(11-20)6-8-13/h1-8,16H,9-10H2,(H,21,23)/t16-/m0/s1. The van der Waals surface area contributed by atoms with Crippen LogP contribution >= 0.6 is 11.6 Å².